The smallest absolute Gasteiger partial charge is 0.306 e. The van der Waals surface area contributed by atoms with Gasteiger partial charge in [0.05, 0.1) is 24.3 Å². The third-order valence-corrected chi connectivity index (χ3v) is 5.04. The molecular weight excluding hydrogens is 316 g/mol. The summed E-state index contributed by atoms with van der Waals surface area (Å²) in [7, 11) is 0. The zero-order valence-corrected chi connectivity index (χ0v) is 13.3. The summed E-state index contributed by atoms with van der Waals surface area (Å²) in [4.78, 5) is 27.5. The Labute approximate surface area is 137 Å². The Morgan fingerprint density at radius 2 is 2.13 bits per heavy atom. The molecule has 23 heavy (non-hydrogen) atoms. The first-order valence-electron chi connectivity index (χ1n) is 7.61. The molecule has 3 rings (SSSR count). The van der Waals surface area contributed by atoms with E-state index in [1.54, 1.807) is 12.5 Å². The highest BCUT2D eigenvalue weighted by Crippen LogP contribution is 2.25. The summed E-state index contributed by atoms with van der Waals surface area (Å²) in [6.07, 6.45) is 6.16. The van der Waals surface area contributed by atoms with Crippen LogP contribution in [0.15, 0.2) is 28.4 Å². The van der Waals surface area contributed by atoms with Gasteiger partial charge in [-0.1, -0.05) is 0 Å². The first-order valence-corrected chi connectivity index (χ1v) is 8.49. The molecule has 1 amide bonds. The van der Waals surface area contributed by atoms with Gasteiger partial charge in [0, 0.05) is 17.0 Å². The Balaban J connectivity index is 1.49. The molecule has 2 aromatic heterocycles. The van der Waals surface area contributed by atoms with Crippen LogP contribution in [-0.4, -0.2) is 28.0 Å². The maximum Gasteiger partial charge on any atom is 0.306 e. The first kappa shape index (κ1) is 15.7. The second-order valence-electron chi connectivity index (χ2n) is 5.79. The maximum absolute atomic E-state index is 12.1. The molecule has 2 aromatic rings. The molecule has 0 atom stereocenters. The number of aliphatic carboxylic acids is 1. The van der Waals surface area contributed by atoms with Crippen LogP contribution in [0.1, 0.15) is 31.4 Å². The molecule has 6 nitrogen and oxygen atoms in total. The third-order valence-electron chi connectivity index (χ3n) is 4.10. The summed E-state index contributed by atoms with van der Waals surface area (Å²) in [5.41, 5.74) is 1.65. The van der Waals surface area contributed by atoms with Crippen LogP contribution in [-0.2, 0) is 16.0 Å². The number of nitrogens with zero attached hydrogens (tertiary/aromatic N) is 1. The zero-order valence-electron chi connectivity index (χ0n) is 12.5. The molecule has 1 aliphatic carbocycles. The molecule has 7 heteroatoms. The summed E-state index contributed by atoms with van der Waals surface area (Å²) in [5.74, 6) is -1.06. The molecule has 2 N–H and O–H groups in total. The summed E-state index contributed by atoms with van der Waals surface area (Å²) in [5, 5.41) is 14.7. The number of carboxylic acid groups (broad SMARTS) is 1. The fourth-order valence-electron chi connectivity index (χ4n) is 2.83. The molecule has 1 fully saturated rings. The Morgan fingerprint density at radius 3 is 2.78 bits per heavy atom. The molecule has 122 valence electrons. The molecule has 0 saturated heterocycles. The van der Waals surface area contributed by atoms with Crippen molar-refractivity contribution >= 4 is 23.2 Å². The van der Waals surface area contributed by atoms with Crippen molar-refractivity contribution in [2.45, 2.75) is 38.1 Å². The normalized spacial score (nSPS) is 21.0. The second-order valence-corrected chi connectivity index (χ2v) is 6.65. The standard InChI is InChI=1S/C16H18N2O4S/c19-14(17-12-3-1-10(2-4-12)16(20)21)7-13-9-23-15(18-13)11-5-6-22-8-11/h5-6,8-10,12H,1-4,7H2,(H,17,19)(H,20,21). The van der Waals surface area contributed by atoms with Gasteiger partial charge in [0.25, 0.3) is 0 Å². The summed E-state index contributed by atoms with van der Waals surface area (Å²) in [6.45, 7) is 0. The van der Waals surface area contributed by atoms with E-state index in [0.717, 1.165) is 29.1 Å². The lowest BCUT2D eigenvalue weighted by Gasteiger charge is -2.26. The van der Waals surface area contributed by atoms with Gasteiger partial charge < -0.3 is 14.8 Å². The highest BCUT2D eigenvalue weighted by Gasteiger charge is 2.26. The van der Waals surface area contributed by atoms with Gasteiger partial charge in [-0.3, -0.25) is 9.59 Å². The molecule has 0 aromatic carbocycles. The Bertz CT molecular complexity index is 672. The van der Waals surface area contributed by atoms with Crippen molar-refractivity contribution in [1.82, 2.24) is 10.3 Å². The molecule has 0 aliphatic heterocycles. The molecule has 0 radical (unpaired) electrons. The summed E-state index contributed by atoms with van der Waals surface area (Å²) < 4.78 is 5.03. The van der Waals surface area contributed by atoms with Crippen molar-refractivity contribution in [2.75, 3.05) is 0 Å². The van der Waals surface area contributed by atoms with Crippen LogP contribution in [0.4, 0.5) is 0 Å². The molecule has 0 unspecified atom stereocenters. The van der Waals surface area contributed by atoms with Gasteiger partial charge in [-0.25, -0.2) is 4.98 Å². The zero-order chi connectivity index (χ0) is 16.2. The van der Waals surface area contributed by atoms with Crippen LogP contribution in [0.25, 0.3) is 10.6 Å². The van der Waals surface area contributed by atoms with Gasteiger partial charge in [0.2, 0.25) is 5.91 Å². The number of nitrogens with one attached hydrogen (secondary N) is 1. The number of rotatable bonds is 5. The Hall–Kier alpha value is -2.15. The highest BCUT2D eigenvalue weighted by molar-refractivity contribution is 7.13. The van der Waals surface area contributed by atoms with Crippen molar-refractivity contribution in [1.29, 1.82) is 0 Å². The van der Waals surface area contributed by atoms with Crippen LogP contribution >= 0.6 is 11.3 Å². The van der Waals surface area contributed by atoms with Gasteiger partial charge >= 0.3 is 5.97 Å². The van der Waals surface area contributed by atoms with Gasteiger partial charge in [-0.05, 0) is 31.7 Å². The Kier molecular flexibility index (Phi) is 4.76. The number of thiazole rings is 1. The summed E-state index contributed by atoms with van der Waals surface area (Å²) in [6, 6.07) is 1.91. The van der Waals surface area contributed by atoms with E-state index < -0.39 is 5.97 Å². The van der Waals surface area contributed by atoms with Crippen LogP contribution in [0.5, 0.6) is 0 Å². The van der Waals surface area contributed by atoms with Gasteiger partial charge in [-0.15, -0.1) is 11.3 Å². The number of furan rings is 1. The number of hydrogen-bond donors (Lipinski definition) is 2. The molecule has 1 aliphatic rings. The second kappa shape index (κ2) is 6.95. The lowest BCUT2D eigenvalue weighted by Crippen LogP contribution is -2.39. The quantitative estimate of drug-likeness (QED) is 0.877. The molecule has 0 spiro atoms. The van der Waals surface area contributed by atoms with Crippen LogP contribution in [0.3, 0.4) is 0 Å². The van der Waals surface area contributed by atoms with E-state index in [2.05, 4.69) is 10.3 Å². The molecule has 0 bridgehead atoms. The average Bonchev–Trinajstić information content (AvgIpc) is 3.18. The van der Waals surface area contributed by atoms with Crippen molar-refractivity contribution in [3.05, 3.63) is 29.7 Å². The van der Waals surface area contributed by atoms with Crippen molar-refractivity contribution < 1.29 is 19.1 Å². The van der Waals surface area contributed by atoms with E-state index >= 15 is 0 Å². The monoisotopic (exact) mass is 334 g/mol. The number of amides is 1. The Morgan fingerprint density at radius 1 is 1.35 bits per heavy atom. The minimum atomic E-state index is -0.732. The average molecular weight is 334 g/mol. The summed E-state index contributed by atoms with van der Waals surface area (Å²) >= 11 is 1.48. The van der Waals surface area contributed by atoms with Crippen molar-refractivity contribution in [3.63, 3.8) is 0 Å². The van der Waals surface area contributed by atoms with Gasteiger partial charge in [0.1, 0.15) is 11.3 Å². The minimum Gasteiger partial charge on any atom is -0.481 e. The molecular formula is C16H18N2O4S. The number of carboxylic acids is 1. The topological polar surface area (TPSA) is 92.4 Å². The maximum atomic E-state index is 12.1. The van der Waals surface area contributed by atoms with Crippen LogP contribution < -0.4 is 5.32 Å². The fourth-order valence-corrected chi connectivity index (χ4v) is 3.64. The number of carbonyl (C=O) groups is 2. The van der Waals surface area contributed by atoms with E-state index in [-0.39, 0.29) is 24.3 Å². The predicted molar refractivity (Wildman–Crippen MR) is 85.0 cm³/mol. The fraction of sp³-hybridized carbons (Fsp3) is 0.438. The van der Waals surface area contributed by atoms with Crippen LogP contribution in [0, 0.1) is 5.92 Å². The first-order chi connectivity index (χ1) is 11.1. The van der Waals surface area contributed by atoms with E-state index in [9.17, 15) is 9.59 Å². The van der Waals surface area contributed by atoms with Gasteiger partial charge in [-0.2, -0.15) is 0 Å². The minimum absolute atomic E-state index is 0.0622. The number of hydrogen-bond acceptors (Lipinski definition) is 5. The number of aromatic nitrogens is 1. The molecule has 1 saturated carbocycles. The van der Waals surface area contributed by atoms with Gasteiger partial charge in [0.15, 0.2) is 0 Å². The van der Waals surface area contributed by atoms with E-state index in [1.165, 1.54) is 11.3 Å². The third kappa shape index (κ3) is 3.98. The van der Waals surface area contributed by atoms with E-state index in [4.69, 9.17) is 9.52 Å². The van der Waals surface area contributed by atoms with Crippen molar-refractivity contribution in [3.8, 4) is 10.6 Å². The molecule has 2 heterocycles. The lowest BCUT2D eigenvalue weighted by molar-refractivity contribution is -0.142. The highest BCUT2D eigenvalue weighted by atomic mass is 32.1. The number of carbonyl (C=O) groups excluding carboxylic acids is 1. The lowest BCUT2D eigenvalue weighted by atomic mass is 9.86. The van der Waals surface area contributed by atoms with E-state index in [0.29, 0.717) is 12.8 Å². The SMILES string of the molecule is O=C(Cc1csc(-c2ccoc2)n1)NC1CCC(C(=O)O)CC1. The predicted octanol–water partition coefficient (Wildman–Crippen LogP) is 2.71. The van der Waals surface area contributed by atoms with Crippen molar-refractivity contribution in [2.24, 2.45) is 5.92 Å². The van der Waals surface area contributed by atoms with E-state index in [1.807, 2.05) is 11.4 Å². The van der Waals surface area contributed by atoms with Crippen LogP contribution in [0.2, 0.25) is 0 Å². The largest absolute Gasteiger partial charge is 0.481 e.